The molecule has 0 fully saturated rings. The van der Waals surface area contributed by atoms with E-state index in [0.29, 0.717) is 5.56 Å². The Hall–Kier alpha value is -1.79. The maximum Gasteiger partial charge on any atom is 0.124 e. The van der Waals surface area contributed by atoms with Crippen LogP contribution in [-0.2, 0) is 0 Å². The summed E-state index contributed by atoms with van der Waals surface area (Å²) in [6.45, 7) is 4.07. The van der Waals surface area contributed by atoms with Gasteiger partial charge in [0.2, 0.25) is 0 Å². The summed E-state index contributed by atoms with van der Waals surface area (Å²) in [4.78, 5) is 1.87. The van der Waals surface area contributed by atoms with Gasteiger partial charge in [-0.05, 0) is 43.7 Å². The SMILES string of the molecule is Cc1ccc(Sc2ccc(F)cc2C#N)c(C)c1. The van der Waals surface area contributed by atoms with Crippen LogP contribution in [0.2, 0.25) is 0 Å². The molecule has 0 N–H and O–H groups in total. The first-order chi connectivity index (χ1) is 8.60. The molecular weight excluding hydrogens is 245 g/mol. The highest BCUT2D eigenvalue weighted by atomic mass is 32.2. The normalized spacial score (nSPS) is 10.1. The van der Waals surface area contributed by atoms with Gasteiger partial charge in [-0.1, -0.05) is 29.5 Å². The van der Waals surface area contributed by atoms with E-state index in [4.69, 9.17) is 5.26 Å². The largest absolute Gasteiger partial charge is 0.207 e. The van der Waals surface area contributed by atoms with E-state index in [0.717, 1.165) is 15.4 Å². The molecule has 0 aliphatic carbocycles. The molecule has 18 heavy (non-hydrogen) atoms. The highest BCUT2D eigenvalue weighted by Crippen LogP contribution is 2.33. The van der Waals surface area contributed by atoms with Crippen LogP contribution in [0, 0.1) is 31.0 Å². The maximum atomic E-state index is 13.0. The van der Waals surface area contributed by atoms with Crippen molar-refractivity contribution >= 4 is 11.8 Å². The van der Waals surface area contributed by atoms with Gasteiger partial charge < -0.3 is 0 Å². The van der Waals surface area contributed by atoms with Gasteiger partial charge in [0.15, 0.2) is 0 Å². The lowest BCUT2D eigenvalue weighted by Gasteiger charge is -2.07. The van der Waals surface area contributed by atoms with Gasteiger partial charge in [0.25, 0.3) is 0 Å². The summed E-state index contributed by atoms with van der Waals surface area (Å²) < 4.78 is 13.0. The van der Waals surface area contributed by atoms with E-state index in [1.165, 1.54) is 29.5 Å². The third kappa shape index (κ3) is 2.72. The van der Waals surface area contributed by atoms with Crippen LogP contribution in [0.3, 0.4) is 0 Å². The summed E-state index contributed by atoms with van der Waals surface area (Å²) in [5, 5.41) is 9.00. The Balaban J connectivity index is 2.37. The van der Waals surface area contributed by atoms with Crippen molar-refractivity contribution < 1.29 is 4.39 Å². The Bertz CT molecular complexity index is 629. The number of hydrogen-bond acceptors (Lipinski definition) is 2. The zero-order valence-electron chi connectivity index (χ0n) is 10.2. The second kappa shape index (κ2) is 5.24. The van der Waals surface area contributed by atoms with Gasteiger partial charge in [0.05, 0.1) is 5.56 Å². The molecule has 0 heterocycles. The molecule has 0 aliphatic heterocycles. The first kappa shape index (κ1) is 12.7. The molecular formula is C15H12FNS. The van der Waals surface area contributed by atoms with Crippen molar-refractivity contribution in [2.75, 3.05) is 0 Å². The van der Waals surface area contributed by atoms with Crippen LogP contribution in [0.15, 0.2) is 46.2 Å². The molecule has 0 aliphatic rings. The fourth-order valence-electron chi connectivity index (χ4n) is 1.71. The molecule has 0 aromatic heterocycles. The molecule has 0 spiro atoms. The number of aryl methyl sites for hydroxylation is 2. The van der Waals surface area contributed by atoms with Crippen LogP contribution in [0.5, 0.6) is 0 Å². The number of benzene rings is 2. The first-order valence-electron chi connectivity index (χ1n) is 5.55. The molecule has 90 valence electrons. The summed E-state index contributed by atoms with van der Waals surface area (Å²) >= 11 is 1.49. The summed E-state index contributed by atoms with van der Waals surface area (Å²) in [5.41, 5.74) is 2.74. The van der Waals surface area contributed by atoms with Gasteiger partial charge >= 0.3 is 0 Å². The van der Waals surface area contributed by atoms with E-state index in [-0.39, 0.29) is 5.82 Å². The van der Waals surface area contributed by atoms with E-state index in [1.807, 2.05) is 32.0 Å². The fraction of sp³-hybridized carbons (Fsp3) is 0.133. The molecule has 0 atom stereocenters. The van der Waals surface area contributed by atoms with Crippen LogP contribution in [-0.4, -0.2) is 0 Å². The lowest BCUT2D eigenvalue weighted by molar-refractivity contribution is 0.626. The van der Waals surface area contributed by atoms with Gasteiger partial charge in [-0.3, -0.25) is 0 Å². The third-order valence-electron chi connectivity index (χ3n) is 2.61. The van der Waals surface area contributed by atoms with Crippen molar-refractivity contribution in [3.05, 3.63) is 58.9 Å². The molecule has 0 saturated carbocycles. The van der Waals surface area contributed by atoms with Crippen LogP contribution < -0.4 is 0 Å². The molecule has 2 rings (SSSR count). The summed E-state index contributed by atoms with van der Waals surface area (Å²) in [7, 11) is 0. The average molecular weight is 257 g/mol. The number of hydrogen-bond donors (Lipinski definition) is 0. The van der Waals surface area contributed by atoms with E-state index in [1.54, 1.807) is 6.07 Å². The second-order valence-electron chi connectivity index (χ2n) is 4.12. The van der Waals surface area contributed by atoms with Gasteiger partial charge in [0, 0.05) is 9.79 Å². The Kier molecular flexibility index (Phi) is 3.69. The quantitative estimate of drug-likeness (QED) is 0.792. The van der Waals surface area contributed by atoms with Crippen molar-refractivity contribution in [1.29, 1.82) is 5.26 Å². The number of nitrogens with zero attached hydrogens (tertiary/aromatic N) is 1. The summed E-state index contributed by atoms with van der Waals surface area (Å²) in [6, 6.07) is 12.5. The third-order valence-corrected chi connectivity index (χ3v) is 3.87. The fourth-order valence-corrected chi connectivity index (χ4v) is 2.65. The number of halogens is 1. The van der Waals surface area contributed by atoms with E-state index in [9.17, 15) is 4.39 Å². The van der Waals surface area contributed by atoms with Gasteiger partial charge in [-0.15, -0.1) is 0 Å². The zero-order chi connectivity index (χ0) is 13.1. The molecule has 0 bridgehead atoms. The van der Waals surface area contributed by atoms with Crippen LogP contribution in [0.25, 0.3) is 0 Å². The molecule has 2 aromatic carbocycles. The topological polar surface area (TPSA) is 23.8 Å². The minimum atomic E-state index is -0.378. The summed E-state index contributed by atoms with van der Waals surface area (Å²) in [5.74, 6) is -0.378. The minimum absolute atomic E-state index is 0.375. The standard InChI is InChI=1S/C15H12FNS/c1-10-3-5-14(11(2)7-10)18-15-6-4-13(16)8-12(15)9-17/h3-8H,1-2H3. The van der Waals surface area contributed by atoms with E-state index in [2.05, 4.69) is 6.07 Å². The van der Waals surface area contributed by atoms with Crippen molar-refractivity contribution in [2.24, 2.45) is 0 Å². The van der Waals surface area contributed by atoms with Crippen molar-refractivity contribution in [3.63, 3.8) is 0 Å². The second-order valence-corrected chi connectivity index (χ2v) is 5.21. The highest BCUT2D eigenvalue weighted by molar-refractivity contribution is 7.99. The van der Waals surface area contributed by atoms with Crippen molar-refractivity contribution in [3.8, 4) is 6.07 Å². The van der Waals surface area contributed by atoms with Crippen molar-refractivity contribution in [2.45, 2.75) is 23.6 Å². The lowest BCUT2D eigenvalue weighted by atomic mass is 10.2. The average Bonchev–Trinajstić information content (AvgIpc) is 2.34. The van der Waals surface area contributed by atoms with Gasteiger partial charge in [-0.2, -0.15) is 5.26 Å². The van der Waals surface area contributed by atoms with Gasteiger partial charge in [-0.25, -0.2) is 4.39 Å². The predicted octanol–water partition coefficient (Wildman–Crippen LogP) is 4.47. The van der Waals surface area contributed by atoms with E-state index < -0.39 is 0 Å². The molecule has 1 nitrogen and oxygen atoms in total. The predicted molar refractivity (Wildman–Crippen MR) is 71.2 cm³/mol. The molecule has 0 saturated heterocycles. The Morgan fingerprint density at radius 3 is 2.44 bits per heavy atom. The smallest absolute Gasteiger partial charge is 0.124 e. The highest BCUT2D eigenvalue weighted by Gasteiger charge is 2.07. The van der Waals surface area contributed by atoms with Crippen LogP contribution >= 0.6 is 11.8 Å². The molecule has 0 amide bonds. The number of nitriles is 1. The Morgan fingerprint density at radius 2 is 1.78 bits per heavy atom. The first-order valence-corrected chi connectivity index (χ1v) is 6.36. The zero-order valence-corrected chi connectivity index (χ0v) is 11.0. The molecule has 0 unspecified atom stereocenters. The summed E-state index contributed by atoms with van der Waals surface area (Å²) in [6.07, 6.45) is 0. The van der Waals surface area contributed by atoms with Crippen LogP contribution in [0.1, 0.15) is 16.7 Å². The number of rotatable bonds is 2. The maximum absolute atomic E-state index is 13.0. The van der Waals surface area contributed by atoms with Gasteiger partial charge in [0.1, 0.15) is 11.9 Å². The Labute approximate surface area is 110 Å². The van der Waals surface area contributed by atoms with Crippen molar-refractivity contribution in [1.82, 2.24) is 0 Å². The molecule has 3 heteroatoms. The Morgan fingerprint density at radius 1 is 1.06 bits per heavy atom. The molecule has 2 aromatic rings. The molecule has 0 radical (unpaired) electrons. The monoisotopic (exact) mass is 257 g/mol. The van der Waals surface area contributed by atoms with Crippen LogP contribution in [0.4, 0.5) is 4.39 Å². The minimum Gasteiger partial charge on any atom is -0.207 e. The lowest BCUT2D eigenvalue weighted by Crippen LogP contribution is -1.86. The van der Waals surface area contributed by atoms with E-state index >= 15 is 0 Å².